The molecule has 1 rings (SSSR count). The van der Waals surface area contributed by atoms with E-state index in [0.717, 1.165) is 5.56 Å². The molecule has 4 nitrogen and oxygen atoms in total. The van der Waals surface area contributed by atoms with Gasteiger partial charge in [0.05, 0.1) is 12.7 Å². The van der Waals surface area contributed by atoms with E-state index in [0.29, 0.717) is 6.61 Å². The van der Waals surface area contributed by atoms with Crippen molar-refractivity contribution in [1.29, 1.82) is 0 Å². The van der Waals surface area contributed by atoms with E-state index in [1.54, 1.807) is 6.92 Å². The summed E-state index contributed by atoms with van der Waals surface area (Å²) in [5.74, 6) is -0.947. The molecule has 0 saturated heterocycles. The number of carbonyl (C=O) groups is 1. The van der Waals surface area contributed by atoms with Crippen LogP contribution in [-0.2, 0) is 16.1 Å². The molecule has 1 aromatic carbocycles. The fraction of sp³-hybridized carbons (Fsp3) is 0.364. The molecule has 0 amide bonds. The molecule has 5 heteroatoms. The Hall–Kier alpha value is -0.910. The van der Waals surface area contributed by atoms with E-state index in [2.05, 4.69) is 20.5 Å². The van der Waals surface area contributed by atoms with Crippen LogP contribution in [0.3, 0.4) is 0 Å². The Bertz CT molecular complexity index is 331. The van der Waals surface area contributed by atoms with E-state index < -0.39 is 18.1 Å². The van der Waals surface area contributed by atoms with Crippen LogP contribution in [0.1, 0.15) is 12.5 Å². The summed E-state index contributed by atoms with van der Waals surface area (Å²) in [5.41, 5.74) is 1.02. The number of ether oxygens (including phenoxy) is 1. The molecule has 0 fully saturated rings. The standard InChI is InChI=1S/C11H14BrNO3/c1-8(10(13-12)11(14)15)16-7-9-5-3-2-4-6-9/h2-6,8,10,13H,7H2,1H3,(H,14,15). The largest absolute Gasteiger partial charge is 0.480 e. The molecular weight excluding hydrogens is 274 g/mol. The number of rotatable bonds is 6. The highest BCUT2D eigenvalue weighted by molar-refractivity contribution is 9.08. The molecule has 16 heavy (non-hydrogen) atoms. The van der Waals surface area contributed by atoms with E-state index in [-0.39, 0.29) is 0 Å². The molecule has 0 aliphatic carbocycles. The van der Waals surface area contributed by atoms with E-state index in [9.17, 15) is 4.79 Å². The first-order valence-corrected chi connectivity index (χ1v) is 5.69. The van der Waals surface area contributed by atoms with Crippen molar-refractivity contribution in [3.8, 4) is 0 Å². The number of carboxylic acid groups (broad SMARTS) is 1. The van der Waals surface area contributed by atoms with Crippen LogP contribution in [0, 0.1) is 0 Å². The van der Waals surface area contributed by atoms with Crippen LogP contribution in [0.2, 0.25) is 0 Å². The van der Waals surface area contributed by atoms with Crippen LogP contribution in [0.25, 0.3) is 0 Å². The lowest BCUT2D eigenvalue weighted by Gasteiger charge is -2.19. The molecule has 0 radical (unpaired) electrons. The molecule has 0 spiro atoms. The van der Waals surface area contributed by atoms with Crippen molar-refractivity contribution in [3.05, 3.63) is 35.9 Å². The highest BCUT2D eigenvalue weighted by Crippen LogP contribution is 2.07. The Morgan fingerprint density at radius 1 is 1.50 bits per heavy atom. The minimum Gasteiger partial charge on any atom is -0.480 e. The summed E-state index contributed by atoms with van der Waals surface area (Å²) in [5, 5.41) is 8.87. The molecular formula is C11H14BrNO3. The van der Waals surface area contributed by atoms with Crippen molar-refractivity contribution in [1.82, 2.24) is 4.34 Å². The Morgan fingerprint density at radius 2 is 2.12 bits per heavy atom. The third kappa shape index (κ3) is 3.92. The minimum absolute atomic E-state index is 0.403. The average molecular weight is 288 g/mol. The van der Waals surface area contributed by atoms with Gasteiger partial charge in [-0.3, -0.25) is 4.79 Å². The van der Waals surface area contributed by atoms with Crippen LogP contribution in [0.5, 0.6) is 0 Å². The van der Waals surface area contributed by atoms with Crippen LogP contribution >= 0.6 is 16.1 Å². The van der Waals surface area contributed by atoms with Crippen molar-refractivity contribution in [2.24, 2.45) is 0 Å². The number of hydrogen-bond acceptors (Lipinski definition) is 3. The molecule has 2 N–H and O–H groups in total. The predicted octanol–water partition coefficient (Wildman–Crippen LogP) is 1.94. The summed E-state index contributed by atoms with van der Waals surface area (Å²) in [6.45, 7) is 2.12. The lowest BCUT2D eigenvalue weighted by molar-refractivity contribution is -0.142. The van der Waals surface area contributed by atoms with Crippen molar-refractivity contribution < 1.29 is 14.6 Å². The number of carboxylic acids is 1. The van der Waals surface area contributed by atoms with E-state index in [4.69, 9.17) is 9.84 Å². The van der Waals surface area contributed by atoms with Crippen LogP contribution in [-0.4, -0.2) is 23.2 Å². The molecule has 1 aromatic rings. The molecule has 0 aliphatic heterocycles. The second kappa shape index (κ2) is 6.62. The minimum atomic E-state index is -0.947. The van der Waals surface area contributed by atoms with Gasteiger partial charge in [0.2, 0.25) is 0 Å². The van der Waals surface area contributed by atoms with E-state index in [1.807, 2.05) is 30.3 Å². The fourth-order valence-corrected chi connectivity index (χ4v) is 1.80. The molecule has 0 aliphatic rings. The normalized spacial score (nSPS) is 14.4. The van der Waals surface area contributed by atoms with Crippen molar-refractivity contribution in [2.75, 3.05) is 0 Å². The van der Waals surface area contributed by atoms with Gasteiger partial charge in [0.25, 0.3) is 0 Å². The Labute approximate surface area is 103 Å². The zero-order valence-electron chi connectivity index (χ0n) is 8.89. The second-order valence-corrected chi connectivity index (χ2v) is 3.88. The van der Waals surface area contributed by atoms with Gasteiger partial charge in [-0.1, -0.05) is 30.3 Å². The summed E-state index contributed by atoms with van der Waals surface area (Å²) >= 11 is 2.93. The Morgan fingerprint density at radius 3 is 2.62 bits per heavy atom. The zero-order valence-corrected chi connectivity index (χ0v) is 10.5. The number of halogens is 1. The third-order valence-electron chi connectivity index (χ3n) is 2.21. The highest BCUT2D eigenvalue weighted by atomic mass is 79.9. The van der Waals surface area contributed by atoms with Crippen molar-refractivity contribution in [2.45, 2.75) is 25.7 Å². The molecule has 2 atom stereocenters. The monoisotopic (exact) mass is 287 g/mol. The zero-order chi connectivity index (χ0) is 12.0. The van der Waals surface area contributed by atoms with Crippen LogP contribution in [0.15, 0.2) is 30.3 Å². The Kier molecular flexibility index (Phi) is 5.45. The predicted molar refractivity (Wildman–Crippen MR) is 64.2 cm³/mol. The SMILES string of the molecule is CC(OCc1ccccc1)C(NBr)C(=O)O. The lowest BCUT2D eigenvalue weighted by atomic mass is 10.2. The van der Waals surface area contributed by atoms with E-state index in [1.165, 1.54) is 0 Å². The first kappa shape index (κ1) is 13.2. The summed E-state index contributed by atoms with van der Waals surface area (Å²) < 4.78 is 7.99. The number of benzene rings is 1. The van der Waals surface area contributed by atoms with Gasteiger partial charge in [0.15, 0.2) is 0 Å². The quantitative estimate of drug-likeness (QED) is 0.785. The number of aliphatic carboxylic acids is 1. The molecule has 0 heterocycles. The van der Waals surface area contributed by atoms with Crippen molar-refractivity contribution in [3.63, 3.8) is 0 Å². The molecule has 88 valence electrons. The maximum Gasteiger partial charge on any atom is 0.324 e. The maximum atomic E-state index is 10.8. The number of nitrogens with one attached hydrogen (secondary N) is 1. The van der Waals surface area contributed by atoms with Gasteiger partial charge in [0.1, 0.15) is 6.04 Å². The highest BCUT2D eigenvalue weighted by Gasteiger charge is 2.23. The second-order valence-electron chi connectivity index (χ2n) is 3.43. The van der Waals surface area contributed by atoms with Gasteiger partial charge < -0.3 is 9.84 Å². The first-order valence-electron chi connectivity index (χ1n) is 4.89. The number of hydrogen-bond donors (Lipinski definition) is 2. The van der Waals surface area contributed by atoms with Gasteiger partial charge in [-0.05, 0) is 12.5 Å². The van der Waals surface area contributed by atoms with Gasteiger partial charge in [-0.25, -0.2) is 4.34 Å². The van der Waals surface area contributed by atoms with E-state index >= 15 is 0 Å². The summed E-state index contributed by atoms with van der Waals surface area (Å²) in [4.78, 5) is 10.8. The van der Waals surface area contributed by atoms with Gasteiger partial charge >= 0.3 is 5.97 Å². The fourth-order valence-electron chi connectivity index (χ4n) is 1.23. The smallest absolute Gasteiger partial charge is 0.324 e. The summed E-state index contributed by atoms with van der Waals surface area (Å²) in [6, 6.07) is 8.87. The summed E-state index contributed by atoms with van der Waals surface area (Å²) in [7, 11) is 0. The average Bonchev–Trinajstić information content (AvgIpc) is 2.28. The molecule has 0 aromatic heterocycles. The molecule has 0 bridgehead atoms. The lowest BCUT2D eigenvalue weighted by Crippen LogP contribution is -2.41. The summed E-state index contributed by atoms with van der Waals surface area (Å²) in [6.07, 6.45) is -0.419. The Balaban J connectivity index is 2.46. The van der Waals surface area contributed by atoms with Gasteiger partial charge in [-0.2, -0.15) is 0 Å². The maximum absolute atomic E-state index is 10.8. The van der Waals surface area contributed by atoms with Gasteiger partial charge in [0, 0.05) is 16.1 Å². The van der Waals surface area contributed by atoms with Crippen molar-refractivity contribution >= 4 is 22.1 Å². The molecule has 2 unspecified atom stereocenters. The van der Waals surface area contributed by atoms with Crippen LogP contribution in [0.4, 0.5) is 0 Å². The topological polar surface area (TPSA) is 58.6 Å². The van der Waals surface area contributed by atoms with Crippen LogP contribution < -0.4 is 4.34 Å². The van der Waals surface area contributed by atoms with Gasteiger partial charge in [-0.15, -0.1) is 0 Å². The molecule has 0 saturated carbocycles. The first-order chi connectivity index (χ1) is 7.65. The third-order valence-corrected chi connectivity index (χ3v) is 2.70.